The number of hydrogen-bond donors (Lipinski definition) is 2. The third kappa shape index (κ3) is 7.81. The molecular weight excluding hydrogens is 468 g/mol. The third-order valence-electron chi connectivity index (χ3n) is 5.36. The van der Waals surface area contributed by atoms with Crippen LogP contribution >= 0.6 is 24.0 Å². The molecule has 2 N–H and O–H groups in total. The van der Waals surface area contributed by atoms with E-state index in [9.17, 15) is 14.4 Å². The second kappa shape index (κ2) is 13.1. The van der Waals surface area contributed by atoms with Gasteiger partial charge in [0, 0.05) is 25.9 Å². The number of hydrogen-bond acceptors (Lipinski definition) is 5. The largest absolute Gasteiger partial charge is 0.481 e. The molecule has 1 heterocycles. The van der Waals surface area contributed by atoms with Crippen LogP contribution in [0.1, 0.15) is 44.1 Å². The minimum atomic E-state index is -0.796. The van der Waals surface area contributed by atoms with Gasteiger partial charge in [-0.1, -0.05) is 85.0 Å². The maximum absolute atomic E-state index is 12.8. The van der Waals surface area contributed by atoms with Crippen molar-refractivity contribution in [3.63, 3.8) is 0 Å². The number of nitrogens with zero attached hydrogens (tertiary/aromatic N) is 1. The molecule has 34 heavy (non-hydrogen) atoms. The molecule has 1 saturated heterocycles. The number of carboxylic acids is 1. The normalized spacial score (nSPS) is 14.6. The summed E-state index contributed by atoms with van der Waals surface area (Å²) in [5, 5.41) is 11.4. The van der Waals surface area contributed by atoms with Gasteiger partial charge in [0.15, 0.2) is 0 Å². The first-order valence-corrected chi connectivity index (χ1v) is 12.6. The molecule has 2 amide bonds. The number of carbonyl (C=O) groups is 3. The number of aliphatic carboxylic acids is 1. The average molecular weight is 497 g/mol. The second-order valence-electron chi connectivity index (χ2n) is 7.98. The van der Waals surface area contributed by atoms with E-state index in [1.807, 2.05) is 48.5 Å². The van der Waals surface area contributed by atoms with Gasteiger partial charge in [-0.05, 0) is 42.0 Å². The van der Waals surface area contributed by atoms with E-state index in [4.69, 9.17) is 17.3 Å². The molecule has 0 radical (unpaired) electrons. The standard InChI is InChI=1S/C26H28N2O4S2/c29-23(27-16-6-2-5-11-24(30)31)10-7-17-28-25(32)22(34-26(28)33)18-19-12-14-21(15-13-19)20-8-3-1-4-9-20/h1,3-4,8-9,12-15,18H,2,5-7,10-11,16-17H2,(H,27,29)(H,30,31)/b22-18-. The van der Waals surface area contributed by atoms with Gasteiger partial charge in [-0.25, -0.2) is 0 Å². The van der Waals surface area contributed by atoms with E-state index in [1.165, 1.54) is 11.8 Å². The molecule has 1 fully saturated rings. The molecule has 1 aliphatic heterocycles. The fourth-order valence-corrected chi connectivity index (χ4v) is 4.85. The monoisotopic (exact) mass is 496 g/mol. The fraction of sp³-hybridized carbons (Fsp3) is 0.308. The van der Waals surface area contributed by atoms with Crippen molar-refractivity contribution in [3.05, 3.63) is 65.1 Å². The minimum Gasteiger partial charge on any atom is -0.481 e. The SMILES string of the molecule is O=C(O)CCCCCNC(=O)CCCN1C(=O)/C(=C/c2ccc(-c3ccccc3)cc2)SC1=S. The molecule has 0 aromatic heterocycles. The Morgan fingerprint density at radius 2 is 1.65 bits per heavy atom. The van der Waals surface area contributed by atoms with Gasteiger partial charge in [0.1, 0.15) is 4.32 Å². The summed E-state index contributed by atoms with van der Waals surface area (Å²) in [7, 11) is 0. The lowest BCUT2D eigenvalue weighted by atomic mass is 10.0. The number of nitrogens with one attached hydrogen (secondary N) is 1. The number of rotatable bonds is 12. The number of thiocarbonyl (C=S) groups is 1. The molecule has 0 bridgehead atoms. The Morgan fingerprint density at radius 1 is 0.941 bits per heavy atom. The Labute approximate surface area is 209 Å². The van der Waals surface area contributed by atoms with Crippen LogP contribution in [0.2, 0.25) is 0 Å². The van der Waals surface area contributed by atoms with Gasteiger partial charge in [0.25, 0.3) is 5.91 Å². The summed E-state index contributed by atoms with van der Waals surface area (Å²) < 4.78 is 0.510. The van der Waals surface area contributed by atoms with E-state index in [0.29, 0.717) is 41.6 Å². The highest BCUT2D eigenvalue weighted by atomic mass is 32.2. The molecule has 178 valence electrons. The Balaban J connectivity index is 1.43. The van der Waals surface area contributed by atoms with Crippen molar-refractivity contribution in [1.29, 1.82) is 0 Å². The van der Waals surface area contributed by atoms with Gasteiger partial charge in [0.2, 0.25) is 5.91 Å². The molecule has 0 atom stereocenters. The Hall–Kier alpha value is -2.97. The molecule has 1 aliphatic rings. The summed E-state index contributed by atoms with van der Waals surface area (Å²) >= 11 is 6.67. The van der Waals surface area contributed by atoms with Gasteiger partial charge in [-0.3, -0.25) is 19.3 Å². The van der Waals surface area contributed by atoms with Gasteiger partial charge in [0.05, 0.1) is 4.91 Å². The van der Waals surface area contributed by atoms with Crippen molar-refractivity contribution in [1.82, 2.24) is 10.2 Å². The molecule has 6 nitrogen and oxygen atoms in total. The highest BCUT2D eigenvalue weighted by molar-refractivity contribution is 8.26. The Bertz CT molecular complexity index is 1050. The average Bonchev–Trinajstić information content (AvgIpc) is 3.09. The van der Waals surface area contributed by atoms with Gasteiger partial charge >= 0.3 is 5.97 Å². The number of carbonyl (C=O) groups excluding carboxylic acids is 2. The lowest BCUT2D eigenvalue weighted by molar-refractivity contribution is -0.137. The van der Waals surface area contributed by atoms with Crippen molar-refractivity contribution < 1.29 is 19.5 Å². The lowest BCUT2D eigenvalue weighted by Gasteiger charge is -2.14. The van der Waals surface area contributed by atoms with Crippen LogP contribution in [0.3, 0.4) is 0 Å². The van der Waals surface area contributed by atoms with Crippen LogP contribution < -0.4 is 5.32 Å². The molecule has 8 heteroatoms. The summed E-state index contributed by atoms with van der Waals surface area (Å²) in [6.45, 7) is 0.937. The molecule has 0 saturated carbocycles. The van der Waals surface area contributed by atoms with Crippen LogP contribution in [0.5, 0.6) is 0 Å². The predicted octanol–water partition coefficient (Wildman–Crippen LogP) is 5.10. The zero-order valence-corrected chi connectivity index (χ0v) is 20.5. The zero-order chi connectivity index (χ0) is 24.3. The first-order valence-electron chi connectivity index (χ1n) is 11.3. The molecule has 0 unspecified atom stereocenters. The molecule has 0 spiro atoms. The molecule has 0 aliphatic carbocycles. The maximum atomic E-state index is 12.8. The van der Waals surface area contributed by atoms with Gasteiger partial charge < -0.3 is 10.4 Å². The van der Waals surface area contributed by atoms with Crippen LogP contribution in [0.15, 0.2) is 59.5 Å². The van der Waals surface area contributed by atoms with Gasteiger partial charge in [-0.15, -0.1) is 0 Å². The number of benzene rings is 2. The first-order chi connectivity index (χ1) is 16.4. The van der Waals surface area contributed by atoms with Gasteiger partial charge in [-0.2, -0.15) is 0 Å². The van der Waals surface area contributed by atoms with E-state index in [1.54, 1.807) is 4.90 Å². The zero-order valence-electron chi connectivity index (χ0n) is 18.9. The highest BCUT2D eigenvalue weighted by Crippen LogP contribution is 2.33. The number of carboxylic acid groups (broad SMARTS) is 1. The summed E-state index contributed by atoms with van der Waals surface area (Å²) in [5.74, 6) is -0.991. The Morgan fingerprint density at radius 3 is 2.35 bits per heavy atom. The topological polar surface area (TPSA) is 86.7 Å². The summed E-state index contributed by atoms with van der Waals surface area (Å²) in [5.41, 5.74) is 3.19. The first kappa shape index (κ1) is 25.6. The van der Waals surface area contributed by atoms with Crippen molar-refractivity contribution in [2.45, 2.75) is 38.5 Å². The quantitative estimate of drug-likeness (QED) is 0.242. The van der Waals surface area contributed by atoms with Crippen molar-refractivity contribution >= 4 is 52.2 Å². The molecule has 2 aromatic rings. The van der Waals surface area contributed by atoms with Crippen LogP contribution in [0, 0.1) is 0 Å². The molecular formula is C26H28N2O4S2. The van der Waals surface area contributed by atoms with E-state index < -0.39 is 5.97 Å². The smallest absolute Gasteiger partial charge is 0.303 e. The lowest BCUT2D eigenvalue weighted by Crippen LogP contribution is -2.30. The van der Waals surface area contributed by atoms with Crippen LogP contribution in [0.4, 0.5) is 0 Å². The van der Waals surface area contributed by atoms with Crippen molar-refractivity contribution in [3.8, 4) is 11.1 Å². The third-order valence-corrected chi connectivity index (χ3v) is 6.74. The number of thioether (sulfide) groups is 1. The van der Waals surface area contributed by atoms with E-state index in [0.717, 1.165) is 29.5 Å². The number of amides is 2. The summed E-state index contributed by atoms with van der Waals surface area (Å²) in [6, 6.07) is 18.2. The van der Waals surface area contributed by atoms with E-state index in [-0.39, 0.29) is 18.2 Å². The van der Waals surface area contributed by atoms with E-state index in [2.05, 4.69) is 17.4 Å². The number of unbranched alkanes of at least 4 members (excludes halogenated alkanes) is 2. The molecule has 3 rings (SSSR count). The summed E-state index contributed by atoms with van der Waals surface area (Å²) in [4.78, 5) is 37.4. The van der Waals surface area contributed by atoms with Crippen molar-refractivity contribution in [2.24, 2.45) is 0 Å². The van der Waals surface area contributed by atoms with Crippen LogP contribution in [0.25, 0.3) is 17.2 Å². The fourth-order valence-electron chi connectivity index (χ4n) is 3.54. The molecule has 2 aromatic carbocycles. The van der Waals surface area contributed by atoms with E-state index >= 15 is 0 Å². The minimum absolute atomic E-state index is 0.0716. The Kier molecular flexibility index (Phi) is 9.85. The highest BCUT2D eigenvalue weighted by Gasteiger charge is 2.31. The van der Waals surface area contributed by atoms with Crippen LogP contribution in [-0.2, 0) is 14.4 Å². The maximum Gasteiger partial charge on any atom is 0.303 e. The van der Waals surface area contributed by atoms with Crippen molar-refractivity contribution in [2.75, 3.05) is 13.1 Å². The predicted molar refractivity (Wildman–Crippen MR) is 140 cm³/mol. The summed E-state index contributed by atoms with van der Waals surface area (Å²) in [6.07, 6.45) is 4.98. The second-order valence-corrected chi connectivity index (χ2v) is 9.66. The van der Waals surface area contributed by atoms with Crippen LogP contribution in [-0.4, -0.2) is 45.2 Å².